The van der Waals surface area contributed by atoms with Crippen molar-refractivity contribution in [1.29, 1.82) is 0 Å². The molecule has 62 valence electrons. The number of hydrogen-bond donors (Lipinski definition) is 0. The fourth-order valence-electron chi connectivity index (χ4n) is 2.00. The van der Waals surface area contributed by atoms with Gasteiger partial charge < -0.3 is 9.47 Å². The lowest BCUT2D eigenvalue weighted by molar-refractivity contribution is -0.182. The van der Waals surface area contributed by atoms with Gasteiger partial charge in [0.05, 0.1) is 13.2 Å². The molecule has 0 atom stereocenters. The summed E-state index contributed by atoms with van der Waals surface area (Å²) in [5.41, 5.74) is 2.59. The molecule has 1 aliphatic heterocycles. The van der Waals surface area contributed by atoms with Gasteiger partial charge >= 0.3 is 0 Å². The normalized spacial score (nSPS) is 23.7. The molecule has 1 heterocycles. The van der Waals surface area contributed by atoms with Crippen molar-refractivity contribution in [3.8, 4) is 0 Å². The Morgan fingerprint density at radius 1 is 1.08 bits per heavy atom. The highest BCUT2D eigenvalue weighted by Gasteiger charge is 2.47. The molecule has 0 radical (unpaired) electrons. The lowest BCUT2D eigenvalue weighted by Crippen LogP contribution is -2.39. The number of rotatable bonds is 0. The zero-order valence-electron chi connectivity index (χ0n) is 6.75. The van der Waals surface area contributed by atoms with Crippen molar-refractivity contribution in [1.82, 2.24) is 0 Å². The van der Waals surface area contributed by atoms with Crippen LogP contribution in [0, 0.1) is 0 Å². The van der Waals surface area contributed by atoms with Crippen LogP contribution >= 0.6 is 0 Å². The van der Waals surface area contributed by atoms with E-state index in [0.29, 0.717) is 0 Å². The Morgan fingerprint density at radius 3 is 2.58 bits per heavy atom. The van der Waals surface area contributed by atoms with E-state index in [9.17, 15) is 0 Å². The molecule has 0 N–H and O–H groups in total. The average molecular weight is 162 g/mol. The summed E-state index contributed by atoms with van der Waals surface area (Å²) >= 11 is 0. The summed E-state index contributed by atoms with van der Waals surface area (Å²) in [5.74, 6) is -0.351. The molecule has 1 aromatic carbocycles. The maximum absolute atomic E-state index is 5.58. The van der Waals surface area contributed by atoms with E-state index in [2.05, 4.69) is 18.2 Å². The molecule has 0 amide bonds. The Morgan fingerprint density at radius 2 is 1.83 bits per heavy atom. The first kappa shape index (κ1) is 6.63. The number of hydrogen-bond acceptors (Lipinski definition) is 2. The van der Waals surface area contributed by atoms with Crippen molar-refractivity contribution >= 4 is 0 Å². The summed E-state index contributed by atoms with van der Waals surface area (Å²) in [6.07, 6.45) is 0.920. The molecule has 0 aromatic heterocycles. The highest BCUT2D eigenvalue weighted by atomic mass is 16.7. The van der Waals surface area contributed by atoms with Crippen LogP contribution in [0.1, 0.15) is 11.1 Å². The molecule has 0 unspecified atom stereocenters. The number of ether oxygens (including phenoxy) is 2. The van der Waals surface area contributed by atoms with Crippen molar-refractivity contribution in [2.75, 3.05) is 13.2 Å². The summed E-state index contributed by atoms with van der Waals surface area (Å²) in [6, 6.07) is 8.31. The molecule has 1 saturated heterocycles. The molecule has 2 aliphatic rings. The standard InChI is InChI=1S/C10H10O2/c1-2-4-9-8(3-1)7-10(9)11-5-6-12-10/h1-4H,5-7H2. The minimum absolute atomic E-state index is 0.351. The smallest absolute Gasteiger partial charge is 0.199 e. The Kier molecular flexibility index (Phi) is 1.15. The van der Waals surface area contributed by atoms with Gasteiger partial charge in [-0.1, -0.05) is 24.3 Å². The second kappa shape index (κ2) is 2.09. The van der Waals surface area contributed by atoms with E-state index in [4.69, 9.17) is 9.47 Å². The van der Waals surface area contributed by atoms with Crippen LogP contribution in [0.25, 0.3) is 0 Å². The van der Waals surface area contributed by atoms with Crippen LogP contribution in [0.3, 0.4) is 0 Å². The molecule has 1 aromatic rings. The van der Waals surface area contributed by atoms with E-state index >= 15 is 0 Å². The first-order valence-corrected chi connectivity index (χ1v) is 4.27. The van der Waals surface area contributed by atoms with Gasteiger partial charge in [-0.2, -0.15) is 0 Å². The van der Waals surface area contributed by atoms with Gasteiger partial charge in [0, 0.05) is 12.0 Å². The Labute approximate surface area is 71.1 Å². The number of fused-ring (bicyclic) bond motifs is 2. The molecule has 2 nitrogen and oxygen atoms in total. The molecule has 3 rings (SSSR count). The quantitative estimate of drug-likeness (QED) is 0.574. The van der Waals surface area contributed by atoms with Crippen molar-refractivity contribution in [2.24, 2.45) is 0 Å². The van der Waals surface area contributed by atoms with Gasteiger partial charge in [-0.15, -0.1) is 0 Å². The summed E-state index contributed by atoms with van der Waals surface area (Å²) < 4.78 is 11.2. The minimum atomic E-state index is -0.351. The average Bonchev–Trinajstić information content (AvgIpc) is 2.54. The SMILES string of the molecule is c1ccc2c(c1)CC21OCCO1. The summed E-state index contributed by atoms with van der Waals surface area (Å²) in [6.45, 7) is 1.46. The van der Waals surface area contributed by atoms with Gasteiger partial charge in [0.25, 0.3) is 0 Å². The molecule has 1 spiro atoms. The first-order valence-electron chi connectivity index (χ1n) is 4.27. The monoisotopic (exact) mass is 162 g/mol. The molecular formula is C10H10O2. The Balaban J connectivity index is 2.06. The van der Waals surface area contributed by atoms with Crippen LogP contribution in [0.5, 0.6) is 0 Å². The first-order chi connectivity index (χ1) is 5.91. The minimum Gasteiger partial charge on any atom is -0.343 e. The molecule has 2 heteroatoms. The third kappa shape index (κ3) is 0.667. The van der Waals surface area contributed by atoms with Crippen LogP contribution < -0.4 is 0 Å². The summed E-state index contributed by atoms with van der Waals surface area (Å²) in [5, 5.41) is 0. The van der Waals surface area contributed by atoms with Crippen molar-refractivity contribution < 1.29 is 9.47 Å². The van der Waals surface area contributed by atoms with Crippen LogP contribution in [0.2, 0.25) is 0 Å². The highest BCUT2D eigenvalue weighted by molar-refractivity contribution is 5.41. The third-order valence-corrected chi connectivity index (χ3v) is 2.60. The molecule has 12 heavy (non-hydrogen) atoms. The van der Waals surface area contributed by atoms with E-state index in [1.165, 1.54) is 11.1 Å². The van der Waals surface area contributed by atoms with Gasteiger partial charge in [-0.3, -0.25) is 0 Å². The zero-order valence-corrected chi connectivity index (χ0v) is 6.75. The van der Waals surface area contributed by atoms with E-state index in [1.54, 1.807) is 0 Å². The van der Waals surface area contributed by atoms with Crippen LogP contribution in [0.15, 0.2) is 24.3 Å². The molecule has 1 fully saturated rings. The topological polar surface area (TPSA) is 18.5 Å². The predicted octanol–water partition coefficient (Wildman–Crippen LogP) is 1.44. The van der Waals surface area contributed by atoms with E-state index in [-0.39, 0.29) is 5.79 Å². The van der Waals surface area contributed by atoms with Gasteiger partial charge in [0.1, 0.15) is 0 Å². The zero-order chi connectivity index (χ0) is 8.02. The van der Waals surface area contributed by atoms with E-state index in [0.717, 1.165) is 19.6 Å². The fourth-order valence-corrected chi connectivity index (χ4v) is 2.00. The molecular weight excluding hydrogens is 152 g/mol. The second-order valence-corrected chi connectivity index (χ2v) is 3.28. The number of benzene rings is 1. The van der Waals surface area contributed by atoms with Gasteiger partial charge in [0.2, 0.25) is 0 Å². The summed E-state index contributed by atoms with van der Waals surface area (Å²) in [7, 11) is 0. The third-order valence-electron chi connectivity index (χ3n) is 2.60. The highest BCUT2D eigenvalue weighted by Crippen LogP contribution is 2.45. The maximum atomic E-state index is 5.58. The van der Waals surface area contributed by atoms with Crippen LogP contribution in [-0.4, -0.2) is 13.2 Å². The van der Waals surface area contributed by atoms with E-state index in [1.807, 2.05) is 6.07 Å². The lowest BCUT2D eigenvalue weighted by atomic mass is 9.82. The van der Waals surface area contributed by atoms with Gasteiger partial charge in [0.15, 0.2) is 5.79 Å². The lowest BCUT2D eigenvalue weighted by Gasteiger charge is -2.38. The van der Waals surface area contributed by atoms with Crippen molar-refractivity contribution in [2.45, 2.75) is 12.2 Å². The largest absolute Gasteiger partial charge is 0.343 e. The molecule has 1 aliphatic carbocycles. The summed E-state index contributed by atoms with van der Waals surface area (Å²) in [4.78, 5) is 0. The van der Waals surface area contributed by atoms with Crippen molar-refractivity contribution in [3.05, 3.63) is 35.4 Å². The maximum Gasteiger partial charge on any atom is 0.199 e. The Bertz CT molecular complexity index is 313. The van der Waals surface area contributed by atoms with E-state index < -0.39 is 0 Å². The van der Waals surface area contributed by atoms with Gasteiger partial charge in [-0.05, 0) is 5.56 Å². The fraction of sp³-hybridized carbons (Fsp3) is 0.400. The molecule has 0 saturated carbocycles. The predicted molar refractivity (Wildman–Crippen MR) is 43.7 cm³/mol. The van der Waals surface area contributed by atoms with Crippen molar-refractivity contribution in [3.63, 3.8) is 0 Å². The second-order valence-electron chi connectivity index (χ2n) is 3.28. The molecule has 0 bridgehead atoms. The van der Waals surface area contributed by atoms with Crippen LogP contribution in [0.4, 0.5) is 0 Å². The Hall–Kier alpha value is -0.860. The van der Waals surface area contributed by atoms with Crippen LogP contribution in [-0.2, 0) is 21.7 Å². The van der Waals surface area contributed by atoms with Gasteiger partial charge in [-0.25, -0.2) is 0 Å².